The maximum absolute atomic E-state index is 12.7. The number of halogens is 3. The number of hydrogen-bond acceptors (Lipinski definition) is 4. The third kappa shape index (κ3) is 2.74. The van der Waals surface area contributed by atoms with Gasteiger partial charge in [0.25, 0.3) is 0 Å². The van der Waals surface area contributed by atoms with E-state index in [1.807, 2.05) is 0 Å². The molecule has 0 atom stereocenters. The third-order valence-corrected chi connectivity index (χ3v) is 4.07. The van der Waals surface area contributed by atoms with Crippen molar-refractivity contribution in [2.75, 3.05) is 0 Å². The van der Waals surface area contributed by atoms with Crippen molar-refractivity contribution < 1.29 is 13.2 Å². The summed E-state index contributed by atoms with van der Waals surface area (Å²) in [6, 6.07) is 7.15. The van der Waals surface area contributed by atoms with Gasteiger partial charge in [-0.1, -0.05) is 0 Å². The first-order valence-electron chi connectivity index (χ1n) is 6.10. The molecule has 2 aromatic heterocycles. The second-order valence-electron chi connectivity index (χ2n) is 4.44. The van der Waals surface area contributed by atoms with Crippen molar-refractivity contribution in [3.8, 4) is 10.6 Å². The molecule has 7 heteroatoms. The van der Waals surface area contributed by atoms with Crippen LogP contribution in [0.5, 0.6) is 0 Å². The van der Waals surface area contributed by atoms with E-state index >= 15 is 0 Å². The van der Waals surface area contributed by atoms with Crippen molar-refractivity contribution in [1.29, 1.82) is 0 Å². The molecule has 3 rings (SSSR count). The minimum absolute atomic E-state index is 0.303. The average Bonchev–Trinajstić information content (AvgIpc) is 2.89. The van der Waals surface area contributed by atoms with E-state index in [1.165, 1.54) is 17.4 Å². The first-order chi connectivity index (χ1) is 9.97. The van der Waals surface area contributed by atoms with Crippen LogP contribution in [-0.4, -0.2) is 9.97 Å². The number of rotatable bonds is 2. The molecule has 108 valence electrons. The number of nitrogens with zero attached hydrogens (tertiary/aromatic N) is 2. The fourth-order valence-electron chi connectivity index (χ4n) is 1.95. The van der Waals surface area contributed by atoms with Crippen LogP contribution in [0, 0.1) is 0 Å². The van der Waals surface area contributed by atoms with Crippen LogP contribution in [0.1, 0.15) is 11.3 Å². The minimum Gasteiger partial charge on any atom is -0.325 e. The second kappa shape index (κ2) is 5.09. The molecule has 0 spiro atoms. The van der Waals surface area contributed by atoms with Crippen LogP contribution in [-0.2, 0) is 12.7 Å². The molecular weight excluding hydrogens is 299 g/mol. The molecule has 3 nitrogen and oxygen atoms in total. The van der Waals surface area contributed by atoms with E-state index < -0.39 is 11.7 Å². The lowest BCUT2D eigenvalue weighted by Gasteiger charge is -2.04. The first-order valence-corrected chi connectivity index (χ1v) is 6.92. The van der Waals surface area contributed by atoms with Gasteiger partial charge in [-0.25, -0.2) is 4.98 Å². The summed E-state index contributed by atoms with van der Waals surface area (Å²) in [5.74, 6) is 0. The molecule has 0 unspecified atom stereocenters. The van der Waals surface area contributed by atoms with E-state index in [-0.39, 0.29) is 0 Å². The van der Waals surface area contributed by atoms with E-state index in [1.54, 1.807) is 18.3 Å². The van der Waals surface area contributed by atoms with E-state index in [4.69, 9.17) is 5.73 Å². The van der Waals surface area contributed by atoms with E-state index in [2.05, 4.69) is 9.97 Å². The molecule has 0 saturated carbocycles. The first kappa shape index (κ1) is 14.0. The average molecular weight is 309 g/mol. The quantitative estimate of drug-likeness (QED) is 0.782. The highest BCUT2D eigenvalue weighted by atomic mass is 32.1. The van der Waals surface area contributed by atoms with Gasteiger partial charge in [-0.2, -0.15) is 13.2 Å². The number of pyridine rings is 1. The van der Waals surface area contributed by atoms with Crippen LogP contribution >= 0.6 is 11.3 Å². The molecule has 0 aliphatic rings. The topological polar surface area (TPSA) is 51.8 Å². The van der Waals surface area contributed by atoms with Gasteiger partial charge in [0.2, 0.25) is 0 Å². The molecule has 2 heterocycles. The Labute approximate surface area is 122 Å². The summed E-state index contributed by atoms with van der Waals surface area (Å²) in [6.07, 6.45) is -2.74. The van der Waals surface area contributed by atoms with E-state index in [0.29, 0.717) is 27.5 Å². The predicted octanol–water partition coefficient (Wildman–Crippen LogP) is 3.84. The van der Waals surface area contributed by atoms with Crippen molar-refractivity contribution in [1.82, 2.24) is 9.97 Å². The van der Waals surface area contributed by atoms with Crippen LogP contribution in [0.2, 0.25) is 0 Å². The Morgan fingerprint density at radius 1 is 1.14 bits per heavy atom. The fraction of sp³-hybridized carbons (Fsp3) is 0.143. The van der Waals surface area contributed by atoms with Gasteiger partial charge in [0.15, 0.2) is 0 Å². The molecule has 0 aliphatic carbocycles. The van der Waals surface area contributed by atoms with E-state index in [9.17, 15) is 13.2 Å². The van der Waals surface area contributed by atoms with Crippen molar-refractivity contribution >= 4 is 21.6 Å². The number of benzene rings is 1. The molecule has 0 radical (unpaired) electrons. The van der Waals surface area contributed by atoms with Crippen LogP contribution in [0.3, 0.4) is 0 Å². The molecule has 1 aromatic carbocycles. The van der Waals surface area contributed by atoms with Crippen molar-refractivity contribution in [3.63, 3.8) is 0 Å². The Kier molecular flexibility index (Phi) is 3.38. The highest BCUT2D eigenvalue weighted by Gasteiger charge is 2.30. The van der Waals surface area contributed by atoms with Crippen LogP contribution in [0.15, 0.2) is 36.5 Å². The monoisotopic (exact) mass is 309 g/mol. The molecule has 3 aromatic rings. The highest BCUT2D eigenvalue weighted by Crippen LogP contribution is 2.35. The molecule has 2 N–H and O–H groups in total. The van der Waals surface area contributed by atoms with Gasteiger partial charge in [0, 0.05) is 18.3 Å². The number of nitrogens with two attached hydrogens (primary N) is 1. The van der Waals surface area contributed by atoms with Gasteiger partial charge >= 0.3 is 6.18 Å². The minimum atomic E-state index is -4.36. The summed E-state index contributed by atoms with van der Waals surface area (Å²) >= 11 is 1.34. The highest BCUT2D eigenvalue weighted by molar-refractivity contribution is 7.21. The van der Waals surface area contributed by atoms with Gasteiger partial charge in [0.05, 0.1) is 21.5 Å². The van der Waals surface area contributed by atoms with Gasteiger partial charge in [0.1, 0.15) is 5.01 Å². The normalized spacial score (nSPS) is 12.0. The smallest absolute Gasteiger partial charge is 0.325 e. The Morgan fingerprint density at radius 2 is 1.95 bits per heavy atom. The number of alkyl halides is 3. The number of hydrogen-bond donors (Lipinski definition) is 1. The fourth-order valence-corrected chi connectivity index (χ4v) is 2.89. The number of thiazole rings is 1. The Bertz CT molecular complexity index is 796. The number of fused-ring (bicyclic) bond motifs is 1. The van der Waals surface area contributed by atoms with Gasteiger partial charge in [-0.3, -0.25) is 4.98 Å². The van der Waals surface area contributed by atoms with Crippen LogP contribution in [0.25, 0.3) is 20.8 Å². The Balaban J connectivity index is 2.08. The molecule has 0 bridgehead atoms. The van der Waals surface area contributed by atoms with Crippen LogP contribution < -0.4 is 5.73 Å². The van der Waals surface area contributed by atoms with Gasteiger partial charge in [-0.15, -0.1) is 11.3 Å². The molecule has 0 aliphatic heterocycles. The molecule has 0 fully saturated rings. The molecule has 21 heavy (non-hydrogen) atoms. The van der Waals surface area contributed by atoms with Crippen molar-refractivity contribution in [2.24, 2.45) is 5.73 Å². The van der Waals surface area contributed by atoms with Crippen LogP contribution in [0.4, 0.5) is 13.2 Å². The lowest BCUT2D eigenvalue weighted by Crippen LogP contribution is -2.03. The van der Waals surface area contributed by atoms with Gasteiger partial charge < -0.3 is 5.73 Å². The molecular formula is C14H10F3N3S. The maximum Gasteiger partial charge on any atom is 0.416 e. The van der Waals surface area contributed by atoms with Crippen molar-refractivity contribution in [3.05, 3.63) is 47.8 Å². The SMILES string of the molecule is NCc1cc(-c2nc3cc(C(F)(F)F)ccc3s2)ccn1. The predicted molar refractivity (Wildman–Crippen MR) is 75.7 cm³/mol. The zero-order valence-corrected chi connectivity index (χ0v) is 11.5. The number of aromatic nitrogens is 2. The lowest BCUT2D eigenvalue weighted by atomic mass is 10.2. The summed E-state index contributed by atoms with van der Waals surface area (Å²) in [4.78, 5) is 8.37. The summed E-state index contributed by atoms with van der Waals surface area (Å²) in [6.45, 7) is 0.303. The standard InChI is InChI=1S/C14H10F3N3S/c15-14(16,17)9-1-2-12-11(6-9)20-13(21-12)8-3-4-19-10(5-8)7-18/h1-6H,7,18H2. The zero-order chi connectivity index (χ0) is 15.0. The summed E-state index contributed by atoms with van der Waals surface area (Å²) in [5, 5.41) is 0.654. The summed E-state index contributed by atoms with van der Waals surface area (Å²) in [5.41, 5.74) is 6.70. The Morgan fingerprint density at radius 3 is 2.67 bits per heavy atom. The molecule has 0 saturated heterocycles. The molecule has 0 amide bonds. The Hall–Kier alpha value is -1.99. The van der Waals surface area contributed by atoms with Gasteiger partial charge in [-0.05, 0) is 30.3 Å². The summed E-state index contributed by atoms with van der Waals surface area (Å²) < 4.78 is 38.8. The summed E-state index contributed by atoms with van der Waals surface area (Å²) in [7, 11) is 0. The largest absolute Gasteiger partial charge is 0.416 e. The maximum atomic E-state index is 12.7. The zero-order valence-electron chi connectivity index (χ0n) is 10.7. The third-order valence-electron chi connectivity index (χ3n) is 2.99. The second-order valence-corrected chi connectivity index (χ2v) is 5.47. The van der Waals surface area contributed by atoms with Crippen molar-refractivity contribution in [2.45, 2.75) is 12.7 Å². The lowest BCUT2D eigenvalue weighted by molar-refractivity contribution is -0.137. The van der Waals surface area contributed by atoms with E-state index in [0.717, 1.165) is 17.7 Å².